The second-order valence-electron chi connectivity index (χ2n) is 7.54. The van der Waals surface area contributed by atoms with Gasteiger partial charge in [0.1, 0.15) is 5.75 Å². The van der Waals surface area contributed by atoms with Crippen molar-refractivity contribution in [1.29, 1.82) is 0 Å². The average molecular weight is 444 g/mol. The van der Waals surface area contributed by atoms with Crippen LogP contribution in [-0.2, 0) is 0 Å². The predicted octanol–water partition coefficient (Wildman–Crippen LogP) is 3.13. The quantitative estimate of drug-likeness (QED) is 0.525. The van der Waals surface area contributed by atoms with E-state index in [2.05, 4.69) is 10.2 Å². The molecule has 1 saturated heterocycles. The zero-order chi connectivity index (χ0) is 21.1. The molecule has 2 heterocycles. The van der Waals surface area contributed by atoms with Crippen molar-refractivity contribution in [3.63, 3.8) is 0 Å². The zero-order valence-electron chi connectivity index (χ0n) is 17.4. The summed E-state index contributed by atoms with van der Waals surface area (Å²) < 4.78 is 5.29. The van der Waals surface area contributed by atoms with Gasteiger partial charge < -0.3 is 15.0 Å². The van der Waals surface area contributed by atoms with Gasteiger partial charge in [-0.25, -0.2) is 4.90 Å². The molecule has 0 saturated carbocycles. The number of likely N-dealkylation sites (tertiary alicyclic amines) is 1. The van der Waals surface area contributed by atoms with Crippen molar-refractivity contribution >= 4 is 35.8 Å². The van der Waals surface area contributed by atoms with Gasteiger partial charge >= 0.3 is 0 Å². The lowest BCUT2D eigenvalue weighted by molar-refractivity contribution is 0.0922. The Morgan fingerprint density at radius 1 is 1.03 bits per heavy atom. The number of fused-ring (bicyclic) bond motifs is 1. The number of nitrogens with zero attached hydrogens (tertiary/aromatic N) is 2. The molecule has 4 rings (SSSR count). The standard InChI is InChI=1S/C23H25N3O4.ClH/c1-30-20-8-3-2-7-19(20)26-22(28)17-10-9-16(15-18(17)23(26)29)21(27)24-11-6-14-25-12-4-5-13-25;/h2-3,7-10,15H,4-6,11-14H2,1H3,(H,24,27);1H. The Bertz CT molecular complexity index is 989. The highest BCUT2D eigenvalue weighted by Crippen LogP contribution is 2.34. The number of carbonyl (C=O) groups excluding carboxylic acids is 3. The Morgan fingerprint density at radius 2 is 1.74 bits per heavy atom. The molecular weight excluding hydrogens is 418 g/mol. The molecule has 31 heavy (non-hydrogen) atoms. The van der Waals surface area contributed by atoms with Crippen LogP contribution in [0.5, 0.6) is 5.75 Å². The third-order valence-electron chi connectivity index (χ3n) is 5.61. The van der Waals surface area contributed by atoms with E-state index in [0.717, 1.165) is 31.0 Å². The van der Waals surface area contributed by atoms with Gasteiger partial charge in [0.15, 0.2) is 0 Å². The number of methoxy groups -OCH3 is 1. The van der Waals surface area contributed by atoms with E-state index in [9.17, 15) is 14.4 Å². The fraction of sp³-hybridized carbons (Fsp3) is 0.348. The van der Waals surface area contributed by atoms with Crippen molar-refractivity contribution in [3.05, 3.63) is 59.2 Å². The van der Waals surface area contributed by atoms with Crippen LogP contribution >= 0.6 is 12.4 Å². The van der Waals surface area contributed by atoms with Crippen LogP contribution < -0.4 is 15.0 Å². The summed E-state index contributed by atoms with van der Waals surface area (Å²) in [6.45, 7) is 3.83. The normalized spacial score (nSPS) is 15.6. The summed E-state index contributed by atoms with van der Waals surface area (Å²) >= 11 is 0. The first-order chi connectivity index (χ1) is 14.6. The lowest BCUT2D eigenvalue weighted by Gasteiger charge is -2.16. The third-order valence-corrected chi connectivity index (χ3v) is 5.61. The van der Waals surface area contributed by atoms with E-state index in [1.807, 2.05) is 0 Å². The van der Waals surface area contributed by atoms with Gasteiger partial charge in [0.25, 0.3) is 17.7 Å². The van der Waals surface area contributed by atoms with E-state index in [1.165, 1.54) is 26.0 Å². The number of para-hydroxylation sites is 2. The molecule has 1 N–H and O–H groups in total. The molecule has 0 unspecified atom stereocenters. The van der Waals surface area contributed by atoms with Gasteiger partial charge in [-0.3, -0.25) is 14.4 Å². The molecule has 0 aromatic heterocycles. The van der Waals surface area contributed by atoms with Gasteiger partial charge in [0.05, 0.1) is 23.9 Å². The van der Waals surface area contributed by atoms with Gasteiger partial charge in [0, 0.05) is 12.1 Å². The van der Waals surface area contributed by atoms with Crippen LogP contribution in [0.4, 0.5) is 5.69 Å². The van der Waals surface area contributed by atoms with Crippen molar-refractivity contribution < 1.29 is 19.1 Å². The Morgan fingerprint density at radius 3 is 2.48 bits per heavy atom. The van der Waals surface area contributed by atoms with Crippen molar-refractivity contribution in [2.24, 2.45) is 0 Å². The summed E-state index contributed by atoms with van der Waals surface area (Å²) in [5.41, 5.74) is 1.28. The van der Waals surface area contributed by atoms with Crippen molar-refractivity contribution in [2.75, 3.05) is 38.2 Å². The molecule has 1 fully saturated rings. The largest absolute Gasteiger partial charge is 0.495 e. The van der Waals surface area contributed by atoms with Crippen LogP contribution in [0, 0.1) is 0 Å². The number of ether oxygens (including phenoxy) is 1. The number of benzene rings is 2. The summed E-state index contributed by atoms with van der Waals surface area (Å²) in [6, 6.07) is 11.5. The number of rotatable bonds is 7. The summed E-state index contributed by atoms with van der Waals surface area (Å²) in [4.78, 5) is 41.8. The third kappa shape index (κ3) is 4.57. The van der Waals surface area contributed by atoms with Crippen LogP contribution in [0.2, 0.25) is 0 Å². The van der Waals surface area contributed by atoms with Crippen LogP contribution in [0.15, 0.2) is 42.5 Å². The van der Waals surface area contributed by atoms with E-state index >= 15 is 0 Å². The Labute approximate surface area is 187 Å². The first-order valence-corrected chi connectivity index (χ1v) is 10.3. The van der Waals surface area contributed by atoms with Gasteiger partial charge in [-0.15, -0.1) is 12.4 Å². The Balaban J connectivity index is 0.00000272. The highest BCUT2D eigenvalue weighted by molar-refractivity contribution is 6.35. The molecule has 2 aliphatic heterocycles. The second-order valence-corrected chi connectivity index (χ2v) is 7.54. The molecule has 0 radical (unpaired) electrons. The monoisotopic (exact) mass is 443 g/mol. The van der Waals surface area contributed by atoms with Crippen LogP contribution in [-0.4, -0.2) is 55.9 Å². The lowest BCUT2D eigenvalue weighted by Crippen LogP contribution is -2.29. The van der Waals surface area contributed by atoms with Crippen molar-refractivity contribution in [1.82, 2.24) is 10.2 Å². The molecular formula is C23H26ClN3O4. The number of halogens is 1. The minimum atomic E-state index is -0.455. The molecule has 8 heteroatoms. The molecule has 0 atom stereocenters. The molecule has 3 amide bonds. The van der Waals surface area contributed by atoms with Crippen LogP contribution in [0.1, 0.15) is 50.3 Å². The Hall–Kier alpha value is -2.90. The van der Waals surface area contributed by atoms with E-state index in [-0.39, 0.29) is 29.4 Å². The van der Waals surface area contributed by atoms with E-state index < -0.39 is 11.8 Å². The minimum absolute atomic E-state index is 0. The van der Waals surface area contributed by atoms with Crippen LogP contribution in [0.3, 0.4) is 0 Å². The predicted molar refractivity (Wildman–Crippen MR) is 120 cm³/mol. The average Bonchev–Trinajstić information content (AvgIpc) is 3.37. The maximum atomic E-state index is 13.0. The van der Waals surface area contributed by atoms with E-state index in [1.54, 1.807) is 36.4 Å². The molecule has 2 aliphatic rings. The molecule has 2 aromatic carbocycles. The number of hydrogen-bond acceptors (Lipinski definition) is 5. The number of carbonyl (C=O) groups is 3. The summed E-state index contributed by atoms with van der Waals surface area (Å²) in [5, 5.41) is 2.91. The van der Waals surface area contributed by atoms with Crippen molar-refractivity contribution in [2.45, 2.75) is 19.3 Å². The highest BCUT2D eigenvalue weighted by atomic mass is 35.5. The maximum absolute atomic E-state index is 13.0. The molecule has 2 aromatic rings. The Kier molecular flexibility index (Phi) is 7.30. The summed E-state index contributed by atoms with van der Waals surface area (Å²) in [5.74, 6) is -0.682. The first-order valence-electron chi connectivity index (χ1n) is 10.3. The number of anilines is 1. The molecule has 164 valence electrons. The first kappa shape index (κ1) is 22.8. The van der Waals surface area contributed by atoms with Crippen LogP contribution in [0.25, 0.3) is 0 Å². The molecule has 0 spiro atoms. The number of imide groups is 1. The van der Waals surface area contributed by atoms with E-state index in [0.29, 0.717) is 23.5 Å². The molecule has 0 aliphatic carbocycles. The number of nitrogens with one attached hydrogen (secondary N) is 1. The number of hydrogen-bond donors (Lipinski definition) is 1. The fourth-order valence-corrected chi connectivity index (χ4v) is 4.03. The van der Waals surface area contributed by atoms with Gasteiger partial charge in [-0.05, 0) is 69.2 Å². The lowest BCUT2D eigenvalue weighted by atomic mass is 10.1. The van der Waals surface area contributed by atoms with E-state index in [4.69, 9.17) is 4.74 Å². The molecule has 0 bridgehead atoms. The topological polar surface area (TPSA) is 79.0 Å². The van der Waals surface area contributed by atoms with Gasteiger partial charge in [0.2, 0.25) is 0 Å². The SMILES string of the molecule is COc1ccccc1N1C(=O)c2ccc(C(=O)NCCCN3CCCC3)cc2C1=O.Cl. The minimum Gasteiger partial charge on any atom is -0.495 e. The summed E-state index contributed by atoms with van der Waals surface area (Å²) in [6.07, 6.45) is 3.38. The fourth-order valence-electron chi connectivity index (χ4n) is 4.03. The summed E-state index contributed by atoms with van der Waals surface area (Å²) in [7, 11) is 1.49. The number of amides is 3. The van der Waals surface area contributed by atoms with Gasteiger partial charge in [-0.1, -0.05) is 12.1 Å². The highest BCUT2D eigenvalue weighted by Gasteiger charge is 2.38. The maximum Gasteiger partial charge on any atom is 0.266 e. The van der Waals surface area contributed by atoms with Crippen molar-refractivity contribution in [3.8, 4) is 5.75 Å². The van der Waals surface area contributed by atoms with Gasteiger partial charge in [-0.2, -0.15) is 0 Å². The second kappa shape index (κ2) is 9.94. The molecule has 7 nitrogen and oxygen atoms in total. The zero-order valence-corrected chi connectivity index (χ0v) is 18.2. The smallest absolute Gasteiger partial charge is 0.266 e.